The van der Waals surface area contributed by atoms with Crippen LogP contribution in [0.1, 0.15) is 471 Å². The van der Waals surface area contributed by atoms with Gasteiger partial charge in [-0.3, -0.25) is 37.3 Å². The van der Waals surface area contributed by atoms with E-state index in [2.05, 4.69) is 34.6 Å². The zero-order valence-corrected chi connectivity index (χ0v) is 71.4. The first kappa shape index (κ1) is 104. The van der Waals surface area contributed by atoms with Crippen LogP contribution < -0.4 is 0 Å². The van der Waals surface area contributed by atoms with Crippen molar-refractivity contribution in [3.8, 4) is 0 Å². The molecule has 0 aromatic heterocycles. The van der Waals surface area contributed by atoms with E-state index in [1.165, 1.54) is 295 Å². The molecule has 0 aromatic carbocycles. The number of unbranched alkanes of at least 4 members (excludes halogenated alkanes) is 59. The number of phosphoric acid groups is 2. The van der Waals surface area contributed by atoms with Gasteiger partial charge in [0.1, 0.15) is 19.3 Å². The zero-order valence-electron chi connectivity index (χ0n) is 69.6. The second-order valence-electron chi connectivity index (χ2n) is 31.8. The molecule has 0 saturated heterocycles. The summed E-state index contributed by atoms with van der Waals surface area (Å²) < 4.78 is 68.9. The van der Waals surface area contributed by atoms with Crippen molar-refractivity contribution in [3.63, 3.8) is 0 Å². The minimum atomic E-state index is -4.97. The molecule has 5 atom stereocenters. The number of hydrogen-bond donors (Lipinski definition) is 3. The van der Waals surface area contributed by atoms with Gasteiger partial charge in [-0.05, 0) is 31.6 Å². The maximum atomic E-state index is 13.2. The van der Waals surface area contributed by atoms with Gasteiger partial charge >= 0.3 is 39.5 Å². The first-order valence-corrected chi connectivity index (χ1v) is 48.1. The average molecular weight is 1550 g/mol. The SMILES string of the molecule is CCCCCCCCCCCCCCCCCCCCCCCCC(=O)O[C@H](COC(=O)CCCCCCCCCCCCCCCCCCCCC)COP(=O)(O)OC[C@@H](O)COP(=O)(O)OC[C@@H](COC(=O)CCCCCCCCCCCC)OC(=O)CCCCCCCCCCCCCCC(C)C. The fourth-order valence-electron chi connectivity index (χ4n) is 13.6. The molecular formula is C87H170O17P2. The maximum absolute atomic E-state index is 13.2. The molecule has 630 valence electrons. The molecule has 0 aliphatic carbocycles. The normalized spacial score (nSPS) is 13.7. The summed E-state index contributed by atoms with van der Waals surface area (Å²) in [6.45, 7) is 7.37. The molecule has 17 nitrogen and oxygen atoms in total. The second-order valence-corrected chi connectivity index (χ2v) is 34.7. The highest BCUT2D eigenvalue weighted by Gasteiger charge is 2.30. The summed E-state index contributed by atoms with van der Waals surface area (Å²) in [7, 11) is -9.93. The lowest BCUT2D eigenvalue weighted by atomic mass is 10.0. The number of ether oxygens (including phenoxy) is 4. The summed E-state index contributed by atoms with van der Waals surface area (Å²) in [6.07, 6.45) is 73.7. The fraction of sp³-hybridized carbons (Fsp3) is 0.954. The molecule has 106 heavy (non-hydrogen) atoms. The predicted octanol–water partition coefficient (Wildman–Crippen LogP) is 26.8. The van der Waals surface area contributed by atoms with Crippen molar-refractivity contribution in [1.82, 2.24) is 0 Å². The molecule has 3 N–H and O–H groups in total. The van der Waals surface area contributed by atoms with Crippen LogP contribution in [-0.2, 0) is 65.4 Å². The number of carbonyl (C=O) groups is 4. The molecule has 19 heteroatoms. The number of rotatable bonds is 87. The van der Waals surface area contributed by atoms with E-state index in [0.29, 0.717) is 25.7 Å². The Hall–Kier alpha value is -1.94. The average Bonchev–Trinajstić information content (AvgIpc) is 0.903. The second kappa shape index (κ2) is 79.7. The summed E-state index contributed by atoms with van der Waals surface area (Å²) in [4.78, 5) is 73.2. The summed E-state index contributed by atoms with van der Waals surface area (Å²) in [5.74, 6) is -1.32. The molecule has 0 heterocycles. The van der Waals surface area contributed by atoms with Crippen LogP contribution in [0.2, 0.25) is 0 Å². The number of phosphoric ester groups is 2. The molecule has 0 aromatic rings. The Morgan fingerprint density at radius 2 is 0.434 bits per heavy atom. The van der Waals surface area contributed by atoms with E-state index in [-0.39, 0.29) is 25.7 Å². The van der Waals surface area contributed by atoms with E-state index < -0.39 is 97.5 Å². The molecule has 0 amide bonds. The third-order valence-corrected chi connectivity index (χ3v) is 22.4. The quantitative estimate of drug-likeness (QED) is 0.0222. The van der Waals surface area contributed by atoms with Gasteiger partial charge < -0.3 is 33.8 Å². The Morgan fingerprint density at radius 3 is 0.642 bits per heavy atom. The number of hydrogen-bond acceptors (Lipinski definition) is 15. The maximum Gasteiger partial charge on any atom is 0.472 e. The largest absolute Gasteiger partial charge is 0.472 e. The molecule has 0 saturated carbocycles. The van der Waals surface area contributed by atoms with Gasteiger partial charge in [0.2, 0.25) is 0 Å². The van der Waals surface area contributed by atoms with Crippen LogP contribution in [0.3, 0.4) is 0 Å². The highest BCUT2D eigenvalue weighted by Crippen LogP contribution is 2.45. The minimum Gasteiger partial charge on any atom is -0.462 e. The number of carbonyl (C=O) groups excluding carboxylic acids is 4. The Balaban J connectivity index is 5.21. The standard InChI is InChI=1S/C87H170O17P2/c1-6-9-12-15-18-21-24-26-28-30-32-33-34-36-38-40-42-47-52-57-62-67-72-86(91)104-83(77-98-85(90)71-66-61-56-51-46-41-39-37-35-31-29-27-25-22-19-16-13-10-7-2)79-102-106(95,96)100-75-81(88)74-99-105(93,94)101-78-82(76-97-84(89)70-65-60-55-50-23-20-17-14-11-8-3)103-87(92)73-68-63-58-53-48-44-43-45-49-54-59-64-69-80(4)5/h80-83,88H,6-79H2,1-5H3,(H,93,94)(H,95,96)/t81-,82+,83+/m0/s1. The smallest absolute Gasteiger partial charge is 0.462 e. The van der Waals surface area contributed by atoms with Crippen molar-refractivity contribution in [1.29, 1.82) is 0 Å². The molecule has 0 bridgehead atoms. The molecule has 0 aliphatic rings. The van der Waals surface area contributed by atoms with E-state index in [4.69, 9.17) is 37.0 Å². The third kappa shape index (κ3) is 80.1. The molecule has 0 spiro atoms. The molecule has 2 unspecified atom stereocenters. The van der Waals surface area contributed by atoms with Gasteiger partial charge in [-0.15, -0.1) is 0 Å². The number of esters is 4. The summed E-state index contributed by atoms with van der Waals surface area (Å²) >= 11 is 0. The molecule has 0 aliphatic heterocycles. The van der Waals surface area contributed by atoms with Crippen LogP contribution in [0, 0.1) is 5.92 Å². The van der Waals surface area contributed by atoms with E-state index >= 15 is 0 Å². The molecule has 0 rings (SSSR count). The third-order valence-electron chi connectivity index (χ3n) is 20.5. The van der Waals surface area contributed by atoms with Crippen LogP contribution in [-0.4, -0.2) is 96.7 Å². The molecular weight excluding hydrogens is 1380 g/mol. The predicted molar refractivity (Wildman–Crippen MR) is 437 cm³/mol. The Labute approximate surface area is 651 Å². The van der Waals surface area contributed by atoms with Gasteiger partial charge in [0, 0.05) is 25.7 Å². The monoisotopic (exact) mass is 1550 g/mol. The van der Waals surface area contributed by atoms with Crippen LogP contribution in [0.15, 0.2) is 0 Å². The highest BCUT2D eigenvalue weighted by molar-refractivity contribution is 7.47. The molecule has 0 radical (unpaired) electrons. The van der Waals surface area contributed by atoms with Crippen molar-refractivity contribution < 1.29 is 80.2 Å². The Morgan fingerprint density at radius 1 is 0.255 bits per heavy atom. The topological polar surface area (TPSA) is 237 Å². The summed E-state index contributed by atoms with van der Waals surface area (Å²) in [6, 6.07) is 0. The van der Waals surface area contributed by atoms with Crippen LogP contribution in [0.25, 0.3) is 0 Å². The van der Waals surface area contributed by atoms with Crippen molar-refractivity contribution in [2.45, 2.75) is 490 Å². The van der Waals surface area contributed by atoms with Gasteiger partial charge in [-0.2, -0.15) is 0 Å². The Bertz CT molecular complexity index is 2010. The van der Waals surface area contributed by atoms with E-state index in [1.807, 2.05) is 0 Å². The van der Waals surface area contributed by atoms with Crippen LogP contribution in [0.4, 0.5) is 0 Å². The zero-order chi connectivity index (χ0) is 77.6. The van der Waals surface area contributed by atoms with Crippen LogP contribution >= 0.6 is 15.6 Å². The van der Waals surface area contributed by atoms with Gasteiger partial charge in [-0.1, -0.05) is 420 Å². The van der Waals surface area contributed by atoms with Crippen molar-refractivity contribution in [3.05, 3.63) is 0 Å². The fourth-order valence-corrected chi connectivity index (χ4v) is 15.2. The minimum absolute atomic E-state index is 0.108. The lowest BCUT2D eigenvalue weighted by Crippen LogP contribution is -2.30. The van der Waals surface area contributed by atoms with E-state index in [9.17, 15) is 43.2 Å². The molecule has 0 fully saturated rings. The van der Waals surface area contributed by atoms with Gasteiger partial charge in [-0.25, -0.2) is 9.13 Å². The van der Waals surface area contributed by atoms with Crippen LogP contribution in [0.5, 0.6) is 0 Å². The van der Waals surface area contributed by atoms with E-state index in [0.717, 1.165) is 95.8 Å². The first-order valence-electron chi connectivity index (χ1n) is 45.1. The van der Waals surface area contributed by atoms with Gasteiger partial charge in [0.25, 0.3) is 0 Å². The first-order chi connectivity index (χ1) is 51.5. The lowest BCUT2D eigenvalue weighted by molar-refractivity contribution is -0.161. The number of aliphatic hydroxyl groups is 1. The van der Waals surface area contributed by atoms with E-state index in [1.54, 1.807) is 0 Å². The summed E-state index contributed by atoms with van der Waals surface area (Å²) in [5, 5.41) is 10.7. The van der Waals surface area contributed by atoms with Crippen molar-refractivity contribution in [2.24, 2.45) is 5.92 Å². The Kier molecular flexibility index (Phi) is 78.2. The number of aliphatic hydroxyl groups excluding tert-OH is 1. The van der Waals surface area contributed by atoms with Crippen molar-refractivity contribution in [2.75, 3.05) is 39.6 Å². The highest BCUT2D eigenvalue weighted by atomic mass is 31.2. The van der Waals surface area contributed by atoms with Gasteiger partial charge in [0.05, 0.1) is 26.4 Å². The van der Waals surface area contributed by atoms with Gasteiger partial charge in [0.15, 0.2) is 12.2 Å². The summed E-state index contributed by atoms with van der Waals surface area (Å²) in [5.41, 5.74) is 0. The van der Waals surface area contributed by atoms with Crippen molar-refractivity contribution >= 4 is 39.5 Å². The lowest BCUT2D eigenvalue weighted by Gasteiger charge is -2.21.